The lowest BCUT2D eigenvalue weighted by Crippen LogP contribution is -2.17. The normalized spacial score (nSPS) is 11.0. The number of imidazole rings is 1. The van der Waals surface area contributed by atoms with Crippen LogP contribution in [0.5, 0.6) is 5.75 Å². The van der Waals surface area contributed by atoms with Crippen LogP contribution in [-0.4, -0.2) is 23.6 Å². The van der Waals surface area contributed by atoms with E-state index < -0.39 is 0 Å². The average molecular weight is 295 g/mol. The van der Waals surface area contributed by atoms with Gasteiger partial charge in [-0.2, -0.15) is 0 Å². The van der Waals surface area contributed by atoms with Crippen molar-refractivity contribution < 1.29 is 4.74 Å². The molecule has 3 aromatic rings. The van der Waals surface area contributed by atoms with Crippen LogP contribution in [0.15, 0.2) is 42.5 Å². The van der Waals surface area contributed by atoms with Crippen molar-refractivity contribution >= 4 is 11.0 Å². The van der Waals surface area contributed by atoms with Gasteiger partial charge in [0, 0.05) is 0 Å². The molecule has 0 atom stereocenters. The fourth-order valence-corrected chi connectivity index (χ4v) is 2.60. The van der Waals surface area contributed by atoms with Gasteiger partial charge >= 0.3 is 0 Å². The third-order valence-corrected chi connectivity index (χ3v) is 3.74. The van der Waals surface area contributed by atoms with Crippen molar-refractivity contribution in [3.63, 3.8) is 0 Å². The minimum atomic E-state index is 0.739. The molecular weight excluding hydrogens is 274 g/mol. The van der Waals surface area contributed by atoms with Gasteiger partial charge in [-0.15, -0.1) is 0 Å². The van der Waals surface area contributed by atoms with E-state index in [0.29, 0.717) is 0 Å². The first-order valence-electron chi connectivity index (χ1n) is 7.54. The van der Waals surface area contributed by atoms with Crippen molar-refractivity contribution in [1.82, 2.24) is 15.3 Å². The number of nitrogens with one attached hydrogen (secondary N) is 2. The van der Waals surface area contributed by atoms with Crippen LogP contribution in [0.3, 0.4) is 0 Å². The fourth-order valence-electron chi connectivity index (χ4n) is 2.60. The van der Waals surface area contributed by atoms with Gasteiger partial charge in [0.25, 0.3) is 0 Å². The zero-order valence-electron chi connectivity index (χ0n) is 13.0. The Morgan fingerprint density at radius 3 is 2.91 bits per heavy atom. The molecule has 0 saturated carbocycles. The number of hydrogen-bond donors (Lipinski definition) is 2. The molecule has 1 aromatic heterocycles. The summed E-state index contributed by atoms with van der Waals surface area (Å²) in [4.78, 5) is 7.95. The molecule has 114 valence electrons. The summed E-state index contributed by atoms with van der Waals surface area (Å²) < 4.78 is 5.37. The molecule has 1 heterocycles. The van der Waals surface area contributed by atoms with Gasteiger partial charge in [-0.25, -0.2) is 4.98 Å². The molecular formula is C18H21N3O. The van der Waals surface area contributed by atoms with E-state index in [-0.39, 0.29) is 0 Å². The topological polar surface area (TPSA) is 49.9 Å². The minimum absolute atomic E-state index is 0.739. The zero-order chi connectivity index (χ0) is 15.4. The van der Waals surface area contributed by atoms with E-state index in [9.17, 15) is 0 Å². The summed E-state index contributed by atoms with van der Waals surface area (Å²) in [5.74, 6) is 1.92. The lowest BCUT2D eigenvalue weighted by Gasteiger charge is -2.08. The first kappa shape index (κ1) is 14.6. The second-order valence-electron chi connectivity index (χ2n) is 5.44. The number of aryl methyl sites for hydroxylation is 1. The van der Waals surface area contributed by atoms with E-state index in [2.05, 4.69) is 46.5 Å². The molecule has 0 aliphatic carbocycles. The molecule has 0 radical (unpaired) electrons. The minimum Gasteiger partial charge on any atom is -0.496 e. The van der Waals surface area contributed by atoms with Gasteiger partial charge in [-0.3, -0.25) is 0 Å². The SMILES string of the molecule is COc1ccccc1CCNCc1nc2ccc(C)cc2[nH]1. The Bertz CT molecular complexity index is 764. The smallest absolute Gasteiger partial charge is 0.122 e. The Morgan fingerprint density at radius 1 is 1.18 bits per heavy atom. The number of aromatic nitrogens is 2. The van der Waals surface area contributed by atoms with E-state index in [0.717, 1.165) is 42.1 Å². The third-order valence-electron chi connectivity index (χ3n) is 3.74. The maximum atomic E-state index is 5.37. The molecule has 0 fully saturated rings. The van der Waals surface area contributed by atoms with Crippen LogP contribution < -0.4 is 10.1 Å². The summed E-state index contributed by atoms with van der Waals surface area (Å²) in [6.07, 6.45) is 0.934. The zero-order valence-corrected chi connectivity index (χ0v) is 13.0. The van der Waals surface area contributed by atoms with E-state index in [1.165, 1.54) is 11.1 Å². The van der Waals surface area contributed by atoms with Crippen LogP contribution in [-0.2, 0) is 13.0 Å². The maximum Gasteiger partial charge on any atom is 0.122 e. The van der Waals surface area contributed by atoms with E-state index in [4.69, 9.17) is 4.74 Å². The highest BCUT2D eigenvalue weighted by Crippen LogP contribution is 2.17. The summed E-state index contributed by atoms with van der Waals surface area (Å²) in [5, 5.41) is 3.43. The molecule has 4 nitrogen and oxygen atoms in total. The molecule has 2 aromatic carbocycles. The number of rotatable bonds is 6. The molecule has 0 aliphatic rings. The van der Waals surface area contributed by atoms with Crippen LogP contribution in [0.4, 0.5) is 0 Å². The summed E-state index contributed by atoms with van der Waals surface area (Å²) in [6.45, 7) is 3.71. The molecule has 4 heteroatoms. The highest BCUT2D eigenvalue weighted by molar-refractivity contribution is 5.75. The number of ether oxygens (including phenoxy) is 1. The largest absolute Gasteiger partial charge is 0.496 e. The molecule has 22 heavy (non-hydrogen) atoms. The number of nitrogens with zero attached hydrogens (tertiary/aromatic N) is 1. The maximum absolute atomic E-state index is 5.37. The van der Waals surface area contributed by atoms with Crippen LogP contribution in [0.2, 0.25) is 0 Å². The summed E-state index contributed by atoms with van der Waals surface area (Å²) in [6, 6.07) is 14.4. The lowest BCUT2D eigenvalue weighted by molar-refractivity contribution is 0.409. The molecule has 2 N–H and O–H groups in total. The molecule has 0 aliphatic heterocycles. The van der Waals surface area contributed by atoms with E-state index in [1.54, 1.807) is 7.11 Å². The quantitative estimate of drug-likeness (QED) is 0.687. The van der Waals surface area contributed by atoms with Gasteiger partial charge < -0.3 is 15.0 Å². The van der Waals surface area contributed by atoms with Gasteiger partial charge in [0.1, 0.15) is 11.6 Å². The summed E-state index contributed by atoms with van der Waals surface area (Å²) in [7, 11) is 1.71. The number of aromatic amines is 1. The number of methoxy groups -OCH3 is 1. The van der Waals surface area contributed by atoms with Crippen LogP contribution in [0, 0.1) is 6.92 Å². The predicted molar refractivity (Wildman–Crippen MR) is 89.2 cm³/mol. The van der Waals surface area contributed by atoms with E-state index >= 15 is 0 Å². The van der Waals surface area contributed by atoms with Gasteiger partial charge in [0.2, 0.25) is 0 Å². The number of para-hydroxylation sites is 1. The molecule has 3 rings (SSSR count). The Hall–Kier alpha value is -2.33. The van der Waals surface area contributed by atoms with Crippen molar-refractivity contribution in [2.24, 2.45) is 0 Å². The van der Waals surface area contributed by atoms with Gasteiger partial charge in [0.05, 0.1) is 24.7 Å². The standard InChI is InChI=1S/C18H21N3O/c1-13-7-8-15-16(11-13)21-18(20-15)12-19-10-9-14-5-3-4-6-17(14)22-2/h3-8,11,19H,9-10,12H2,1-2H3,(H,20,21). The first-order chi connectivity index (χ1) is 10.8. The highest BCUT2D eigenvalue weighted by atomic mass is 16.5. The van der Waals surface area contributed by atoms with Gasteiger partial charge in [0.15, 0.2) is 0 Å². The lowest BCUT2D eigenvalue weighted by atomic mass is 10.1. The molecule has 0 bridgehead atoms. The number of benzene rings is 2. The van der Waals surface area contributed by atoms with Crippen molar-refractivity contribution in [2.75, 3.05) is 13.7 Å². The van der Waals surface area contributed by atoms with E-state index in [1.807, 2.05) is 18.2 Å². The third kappa shape index (κ3) is 3.28. The van der Waals surface area contributed by atoms with Crippen LogP contribution in [0.25, 0.3) is 11.0 Å². The van der Waals surface area contributed by atoms with Crippen molar-refractivity contribution in [1.29, 1.82) is 0 Å². The second-order valence-corrected chi connectivity index (χ2v) is 5.44. The van der Waals surface area contributed by atoms with Crippen molar-refractivity contribution in [3.05, 3.63) is 59.4 Å². The van der Waals surface area contributed by atoms with Crippen LogP contribution in [0.1, 0.15) is 17.0 Å². The van der Waals surface area contributed by atoms with Crippen molar-refractivity contribution in [2.45, 2.75) is 19.9 Å². The number of H-pyrrole nitrogens is 1. The Kier molecular flexibility index (Phi) is 4.39. The Labute approximate surface area is 130 Å². The fraction of sp³-hybridized carbons (Fsp3) is 0.278. The molecule has 0 amide bonds. The summed E-state index contributed by atoms with van der Waals surface area (Å²) >= 11 is 0. The van der Waals surface area contributed by atoms with Crippen LogP contribution >= 0.6 is 0 Å². The van der Waals surface area contributed by atoms with Gasteiger partial charge in [-0.05, 0) is 49.2 Å². The van der Waals surface area contributed by atoms with Gasteiger partial charge in [-0.1, -0.05) is 24.3 Å². The molecule has 0 spiro atoms. The monoisotopic (exact) mass is 295 g/mol. The Balaban J connectivity index is 1.56. The highest BCUT2D eigenvalue weighted by Gasteiger charge is 2.04. The van der Waals surface area contributed by atoms with Crippen molar-refractivity contribution in [3.8, 4) is 5.75 Å². The second kappa shape index (κ2) is 6.62. The first-order valence-corrected chi connectivity index (χ1v) is 7.54. The molecule has 0 saturated heterocycles. The average Bonchev–Trinajstić information content (AvgIpc) is 2.93. The number of fused-ring (bicyclic) bond motifs is 1. The Morgan fingerprint density at radius 2 is 2.05 bits per heavy atom. The predicted octanol–water partition coefficient (Wildman–Crippen LogP) is 3.21. The molecule has 0 unspecified atom stereocenters. The number of hydrogen-bond acceptors (Lipinski definition) is 3. The summed E-state index contributed by atoms with van der Waals surface area (Å²) in [5.41, 5.74) is 4.58.